The zero-order chi connectivity index (χ0) is 10.4. The predicted octanol–water partition coefficient (Wildman–Crippen LogP) is 3.49. The quantitative estimate of drug-likeness (QED) is 0.740. The summed E-state index contributed by atoms with van der Waals surface area (Å²) in [5, 5.41) is 5.66. The Morgan fingerprint density at radius 1 is 1.50 bits per heavy atom. The van der Waals surface area contributed by atoms with Gasteiger partial charge in [-0.3, -0.25) is 0 Å². The first kappa shape index (κ1) is 12.0. The number of hydrogen-bond acceptors (Lipinski definition) is 2. The maximum atomic E-state index is 5.76. The fourth-order valence-electron chi connectivity index (χ4n) is 1.43. The second-order valence-electron chi connectivity index (χ2n) is 3.79. The monoisotopic (exact) mass is 231 g/mol. The van der Waals surface area contributed by atoms with Crippen molar-refractivity contribution >= 4 is 22.9 Å². The van der Waals surface area contributed by atoms with Gasteiger partial charge < -0.3 is 5.32 Å². The van der Waals surface area contributed by atoms with Crippen molar-refractivity contribution in [2.24, 2.45) is 5.92 Å². The van der Waals surface area contributed by atoms with Gasteiger partial charge in [-0.1, -0.05) is 19.9 Å². The van der Waals surface area contributed by atoms with Gasteiger partial charge in [-0.15, -0.1) is 22.9 Å². The lowest BCUT2D eigenvalue weighted by atomic mass is 10.0. The van der Waals surface area contributed by atoms with Crippen molar-refractivity contribution in [2.45, 2.75) is 32.9 Å². The molecule has 0 saturated heterocycles. The minimum atomic E-state index is 0.537. The van der Waals surface area contributed by atoms with Crippen LogP contribution >= 0.6 is 22.9 Å². The molecule has 80 valence electrons. The van der Waals surface area contributed by atoms with E-state index in [0.29, 0.717) is 12.0 Å². The number of thiophene rings is 1. The molecule has 1 N–H and O–H groups in total. The highest BCUT2D eigenvalue weighted by atomic mass is 35.5. The second kappa shape index (κ2) is 6.44. The summed E-state index contributed by atoms with van der Waals surface area (Å²) in [5.41, 5.74) is 0. The third-order valence-corrected chi connectivity index (χ3v) is 3.44. The molecule has 1 aromatic rings. The fraction of sp³-hybridized carbons (Fsp3) is 0.636. The van der Waals surface area contributed by atoms with E-state index >= 15 is 0 Å². The standard InChI is InChI=1S/C11H18ClNS/c1-9(2)11(5-6-12)13-8-10-4-3-7-14-10/h3-4,7,9,11,13H,5-6,8H2,1-2H3. The largest absolute Gasteiger partial charge is 0.309 e. The average Bonchev–Trinajstić information content (AvgIpc) is 2.64. The summed E-state index contributed by atoms with van der Waals surface area (Å²) in [4.78, 5) is 1.39. The molecule has 1 heterocycles. The SMILES string of the molecule is CC(C)C(CCCl)NCc1cccs1. The maximum Gasteiger partial charge on any atom is 0.0302 e. The Labute approximate surface area is 95.5 Å². The van der Waals surface area contributed by atoms with E-state index in [2.05, 4.69) is 36.7 Å². The molecular weight excluding hydrogens is 214 g/mol. The van der Waals surface area contributed by atoms with Crippen LogP contribution in [0, 0.1) is 5.92 Å². The van der Waals surface area contributed by atoms with Crippen LogP contribution in [0.5, 0.6) is 0 Å². The Morgan fingerprint density at radius 3 is 2.79 bits per heavy atom. The predicted molar refractivity (Wildman–Crippen MR) is 65.1 cm³/mol. The highest BCUT2D eigenvalue weighted by Gasteiger charge is 2.11. The van der Waals surface area contributed by atoms with Crippen molar-refractivity contribution in [3.8, 4) is 0 Å². The van der Waals surface area contributed by atoms with Crippen LogP contribution in [0.1, 0.15) is 25.1 Å². The normalized spacial score (nSPS) is 13.4. The summed E-state index contributed by atoms with van der Waals surface area (Å²) in [7, 11) is 0. The van der Waals surface area contributed by atoms with Crippen LogP contribution in [0.4, 0.5) is 0 Å². The third-order valence-electron chi connectivity index (χ3n) is 2.34. The van der Waals surface area contributed by atoms with Crippen molar-refractivity contribution in [2.75, 3.05) is 5.88 Å². The minimum Gasteiger partial charge on any atom is -0.309 e. The molecule has 1 unspecified atom stereocenters. The number of rotatable bonds is 6. The van der Waals surface area contributed by atoms with E-state index < -0.39 is 0 Å². The van der Waals surface area contributed by atoms with Gasteiger partial charge >= 0.3 is 0 Å². The van der Waals surface area contributed by atoms with Gasteiger partial charge in [0.15, 0.2) is 0 Å². The molecular formula is C11H18ClNS. The topological polar surface area (TPSA) is 12.0 Å². The molecule has 0 fully saturated rings. The molecule has 0 aliphatic carbocycles. The smallest absolute Gasteiger partial charge is 0.0302 e. The van der Waals surface area contributed by atoms with Gasteiger partial charge in [0.2, 0.25) is 0 Å². The lowest BCUT2D eigenvalue weighted by molar-refractivity contribution is 0.390. The van der Waals surface area contributed by atoms with E-state index in [-0.39, 0.29) is 0 Å². The van der Waals surface area contributed by atoms with Gasteiger partial charge in [0.05, 0.1) is 0 Å². The first-order valence-electron chi connectivity index (χ1n) is 5.05. The lowest BCUT2D eigenvalue weighted by Gasteiger charge is -2.21. The van der Waals surface area contributed by atoms with Crippen LogP contribution in [-0.2, 0) is 6.54 Å². The molecule has 1 rings (SSSR count). The van der Waals surface area contributed by atoms with Crippen LogP contribution in [-0.4, -0.2) is 11.9 Å². The van der Waals surface area contributed by atoms with Crippen molar-refractivity contribution in [3.63, 3.8) is 0 Å². The zero-order valence-corrected chi connectivity index (χ0v) is 10.4. The Balaban J connectivity index is 2.33. The van der Waals surface area contributed by atoms with Gasteiger partial charge in [0.1, 0.15) is 0 Å². The van der Waals surface area contributed by atoms with Crippen molar-refractivity contribution < 1.29 is 0 Å². The first-order chi connectivity index (χ1) is 6.74. The maximum absolute atomic E-state index is 5.76. The van der Waals surface area contributed by atoms with E-state index in [9.17, 15) is 0 Å². The molecule has 1 aromatic heterocycles. The highest BCUT2D eigenvalue weighted by Crippen LogP contribution is 2.11. The molecule has 0 aromatic carbocycles. The Bertz CT molecular complexity index is 233. The second-order valence-corrected chi connectivity index (χ2v) is 5.20. The molecule has 0 aliphatic heterocycles. The molecule has 0 bridgehead atoms. The van der Waals surface area contributed by atoms with Crippen LogP contribution in [0.2, 0.25) is 0 Å². The minimum absolute atomic E-state index is 0.537. The zero-order valence-electron chi connectivity index (χ0n) is 8.79. The van der Waals surface area contributed by atoms with Gasteiger partial charge in [-0.2, -0.15) is 0 Å². The molecule has 3 heteroatoms. The van der Waals surface area contributed by atoms with Crippen LogP contribution in [0.3, 0.4) is 0 Å². The Morgan fingerprint density at radius 2 is 2.29 bits per heavy atom. The first-order valence-corrected chi connectivity index (χ1v) is 6.47. The number of alkyl halides is 1. The van der Waals surface area contributed by atoms with Gasteiger partial charge in [0, 0.05) is 23.3 Å². The molecule has 0 saturated carbocycles. The van der Waals surface area contributed by atoms with Gasteiger partial charge in [0.25, 0.3) is 0 Å². The molecule has 1 nitrogen and oxygen atoms in total. The van der Waals surface area contributed by atoms with Gasteiger partial charge in [-0.05, 0) is 23.8 Å². The summed E-state index contributed by atoms with van der Waals surface area (Å²) < 4.78 is 0. The lowest BCUT2D eigenvalue weighted by Crippen LogP contribution is -2.33. The summed E-state index contributed by atoms with van der Waals surface area (Å²) in [5.74, 6) is 1.38. The summed E-state index contributed by atoms with van der Waals surface area (Å²) >= 11 is 7.56. The summed E-state index contributed by atoms with van der Waals surface area (Å²) in [6.07, 6.45) is 1.05. The molecule has 0 aliphatic rings. The Kier molecular flexibility index (Phi) is 5.53. The van der Waals surface area contributed by atoms with Crippen molar-refractivity contribution in [1.82, 2.24) is 5.32 Å². The fourth-order valence-corrected chi connectivity index (χ4v) is 2.32. The molecule has 14 heavy (non-hydrogen) atoms. The molecule has 0 radical (unpaired) electrons. The molecule has 0 spiro atoms. The van der Waals surface area contributed by atoms with E-state index in [1.165, 1.54) is 4.88 Å². The molecule has 0 amide bonds. The number of hydrogen-bond donors (Lipinski definition) is 1. The number of nitrogens with one attached hydrogen (secondary N) is 1. The van der Waals surface area contributed by atoms with Crippen LogP contribution in [0.25, 0.3) is 0 Å². The Hall–Kier alpha value is -0.0500. The van der Waals surface area contributed by atoms with Crippen LogP contribution < -0.4 is 5.32 Å². The van der Waals surface area contributed by atoms with Gasteiger partial charge in [-0.25, -0.2) is 0 Å². The van der Waals surface area contributed by atoms with Crippen molar-refractivity contribution in [3.05, 3.63) is 22.4 Å². The summed E-state index contributed by atoms with van der Waals surface area (Å²) in [6, 6.07) is 4.79. The number of halogens is 1. The van der Waals surface area contributed by atoms with E-state index in [4.69, 9.17) is 11.6 Å². The average molecular weight is 232 g/mol. The molecule has 1 atom stereocenters. The van der Waals surface area contributed by atoms with E-state index in [1.807, 2.05) is 0 Å². The summed E-state index contributed by atoms with van der Waals surface area (Å²) in [6.45, 7) is 5.44. The third kappa shape index (κ3) is 3.99. The van der Waals surface area contributed by atoms with Crippen LogP contribution in [0.15, 0.2) is 17.5 Å². The highest BCUT2D eigenvalue weighted by molar-refractivity contribution is 7.09. The van der Waals surface area contributed by atoms with E-state index in [1.54, 1.807) is 11.3 Å². The van der Waals surface area contributed by atoms with Crippen molar-refractivity contribution in [1.29, 1.82) is 0 Å². The van der Waals surface area contributed by atoms with E-state index in [0.717, 1.165) is 18.8 Å².